The quantitative estimate of drug-likeness (QED) is 0.827. The highest BCUT2D eigenvalue weighted by Gasteiger charge is 2.08. The van der Waals surface area contributed by atoms with E-state index in [0.717, 1.165) is 17.7 Å². The zero-order chi connectivity index (χ0) is 13.0. The first-order chi connectivity index (χ1) is 8.66. The van der Waals surface area contributed by atoms with Crippen LogP contribution in [0.15, 0.2) is 29.1 Å². The lowest BCUT2D eigenvalue weighted by Gasteiger charge is -2.07. The van der Waals surface area contributed by atoms with Gasteiger partial charge in [-0.15, -0.1) is 11.3 Å². The highest BCUT2D eigenvalue weighted by atomic mass is 32.1. The van der Waals surface area contributed by atoms with Crippen molar-refractivity contribution in [3.63, 3.8) is 0 Å². The molecule has 0 bridgehead atoms. The number of aromatic nitrogens is 1. The lowest BCUT2D eigenvalue weighted by atomic mass is 10.1. The fourth-order valence-corrected chi connectivity index (χ4v) is 2.29. The van der Waals surface area contributed by atoms with E-state index < -0.39 is 0 Å². The van der Waals surface area contributed by atoms with Crippen molar-refractivity contribution >= 4 is 22.9 Å². The van der Waals surface area contributed by atoms with E-state index in [4.69, 9.17) is 5.73 Å². The first-order valence-corrected chi connectivity index (χ1v) is 6.62. The first-order valence-electron chi connectivity index (χ1n) is 5.68. The number of nitrogens with zero attached hydrogens (tertiary/aromatic N) is 1. The number of nitrogens with two attached hydrogens (primary N) is 1. The van der Waals surface area contributed by atoms with Crippen molar-refractivity contribution in [2.45, 2.75) is 13.3 Å². The topological polar surface area (TPSA) is 68.0 Å². The summed E-state index contributed by atoms with van der Waals surface area (Å²) in [5, 5.41) is 4.87. The van der Waals surface area contributed by atoms with Crippen molar-refractivity contribution in [1.29, 1.82) is 0 Å². The monoisotopic (exact) mass is 261 g/mol. The zero-order valence-corrected chi connectivity index (χ0v) is 11.0. The number of nitrogen functional groups attached to an aromatic ring is 1. The van der Waals surface area contributed by atoms with Gasteiger partial charge in [-0.25, -0.2) is 4.98 Å². The molecule has 1 aromatic carbocycles. The maximum absolute atomic E-state index is 11.9. The van der Waals surface area contributed by atoms with Gasteiger partial charge in [-0.3, -0.25) is 4.79 Å². The van der Waals surface area contributed by atoms with Gasteiger partial charge in [0, 0.05) is 29.6 Å². The number of thiazole rings is 1. The molecule has 5 heteroatoms. The molecule has 1 aromatic heterocycles. The molecule has 2 rings (SSSR count). The van der Waals surface area contributed by atoms with Gasteiger partial charge in [0.2, 0.25) is 0 Å². The Hall–Kier alpha value is -1.88. The number of nitrogens with one attached hydrogen (secondary N) is 1. The van der Waals surface area contributed by atoms with Gasteiger partial charge < -0.3 is 11.1 Å². The summed E-state index contributed by atoms with van der Waals surface area (Å²) >= 11 is 1.56. The lowest BCUT2D eigenvalue weighted by Crippen LogP contribution is -2.26. The summed E-state index contributed by atoms with van der Waals surface area (Å²) in [5.41, 5.74) is 10.7. The van der Waals surface area contributed by atoms with Crippen LogP contribution in [0, 0.1) is 6.92 Å². The standard InChI is InChI=1S/C13H15N3OS/c1-9-6-10(14)2-3-12(9)13(17)15-5-4-11-7-18-8-16-11/h2-3,6-8H,4-5,14H2,1H3,(H,15,17). The second-order valence-electron chi connectivity index (χ2n) is 4.06. The van der Waals surface area contributed by atoms with Crippen molar-refractivity contribution in [1.82, 2.24) is 10.3 Å². The summed E-state index contributed by atoms with van der Waals surface area (Å²) < 4.78 is 0. The summed E-state index contributed by atoms with van der Waals surface area (Å²) in [6.07, 6.45) is 0.753. The SMILES string of the molecule is Cc1cc(N)ccc1C(=O)NCCc1cscn1. The van der Waals surface area contributed by atoms with Crippen molar-refractivity contribution < 1.29 is 4.79 Å². The number of amides is 1. The summed E-state index contributed by atoms with van der Waals surface area (Å²) in [7, 11) is 0. The molecule has 94 valence electrons. The van der Waals surface area contributed by atoms with Crippen LogP contribution in [-0.2, 0) is 6.42 Å². The van der Waals surface area contributed by atoms with Crippen LogP contribution in [0.4, 0.5) is 5.69 Å². The molecule has 0 aliphatic rings. The van der Waals surface area contributed by atoms with E-state index >= 15 is 0 Å². The molecule has 0 spiro atoms. The first kappa shape index (κ1) is 12.6. The van der Waals surface area contributed by atoms with Crippen LogP contribution >= 0.6 is 11.3 Å². The summed E-state index contributed by atoms with van der Waals surface area (Å²) in [4.78, 5) is 16.1. The molecule has 0 aliphatic carbocycles. The highest BCUT2D eigenvalue weighted by Crippen LogP contribution is 2.12. The number of hydrogen-bond acceptors (Lipinski definition) is 4. The third-order valence-electron chi connectivity index (χ3n) is 2.65. The predicted molar refractivity (Wildman–Crippen MR) is 73.7 cm³/mol. The van der Waals surface area contributed by atoms with E-state index in [1.165, 1.54) is 0 Å². The Balaban J connectivity index is 1.91. The Kier molecular flexibility index (Phi) is 3.94. The van der Waals surface area contributed by atoms with Crippen LogP contribution in [0.2, 0.25) is 0 Å². The molecule has 1 amide bonds. The van der Waals surface area contributed by atoms with Gasteiger partial charge in [-0.2, -0.15) is 0 Å². The molecule has 2 aromatic rings. The van der Waals surface area contributed by atoms with Gasteiger partial charge in [0.05, 0.1) is 11.2 Å². The molecule has 0 radical (unpaired) electrons. The van der Waals surface area contributed by atoms with Crippen molar-refractivity contribution in [2.75, 3.05) is 12.3 Å². The third-order valence-corrected chi connectivity index (χ3v) is 3.28. The smallest absolute Gasteiger partial charge is 0.251 e. The fourth-order valence-electron chi connectivity index (χ4n) is 1.70. The maximum Gasteiger partial charge on any atom is 0.251 e. The molecule has 0 aliphatic heterocycles. The van der Waals surface area contributed by atoms with E-state index in [1.807, 2.05) is 12.3 Å². The zero-order valence-electron chi connectivity index (χ0n) is 10.1. The number of anilines is 1. The number of rotatable bonds is 4. The average molecular weight is 261 g/mol. The minimum Gasteiger partial charge on any atom is -0.399 e. The second-order valence-corrected chi connectivity index (χ2v) is 4.78. The van der Waals surface area contributed by atoms with E-state index in [2.05, 4.69) is 10.3 Å². The molecule has 0 unspecified atom stereocenters. The molecule has 1 heterocycles. The number of benzene rings is 1. The van der Waals surface area contributed by atoms with Gasteiger partial charge in [0.25, 0.3) is 5.91 Å². The van der Waals surface area contributed by atoms with E-state index in [9.17, 15) is 4.79 Å². The molecular formula is C13H15N3OS. The Morgan fingerprint density at radius 3 is 3.00 bits per heavy atom. The normalized spacial score (nSPS) is 10.3. The van der Waals surface area contributed by atoms with Crippen molar-refractivity contribution in [2.24, 2.45) is 0 Å². The molecule has 4 nitrogen and oxygen atoms in total. The van der Waals surface area contributed by atoms with E-state index in [1.54, 1.807) is 35.0 Å². The number of aryl methyl sites for hydroxylation is 1. The van der Waals surface area contributed by atoms with Crippen LogP contribution in [0.1, 0.15) is 21.6 Å². The largest absolute Gasteiger partial charge is 0.399 e. The highest BCUT2D eigenvalue weighted by molar-refractivity contribution is 7.07. The molecule has 0 saturated carbocycles. The molecule has 0 fully saturated rings. The van der Waals surface area contributed by atoms with Crippen molar-refractivity contribution in [3.05, 3.63) is 45.9 Å². The molecule has 18 heavy (non-hydrogen) atoms. The van der Waals surface area contributed by atoms with Crippen molar-refractivity contribution in [3.8, 4) is 0 Å². The average Bonchev–Trinajstić information content (AvgIpc) is 2.81. The Morgan fingerprint density at radius 2 is 2.33 bits per heavy atom. The molecule has 3 N–H and O–H groups in total. The van der Waals surface area contributed by atoms with E-state index in [0.29, 0.717) is 17.8 Å². The minimum absolute atomic E-state index is 0.0669. The fraction of sp³-hybridized carbons (Fsp3) is 0.231. The predicted octanol–water partition coefficient (Wildman–Crippen LogP) is 2.01. The summed E-state index contributed by atoms with van der Waals surface area (Å²) in [6.45, 7) is 2.47. The summed E-state index contributed by atoms with van der Waals surface area (Å²) in [5.74, 6) is -0.0669. The lowest BCUT2D eigenvalue weighted by molar-refractivity contribution is 0.0953. The molecular weight excluding hydrogens is 246 g/mol. The van der Waals surface area contributed by atoms with Gasteiger partial charge in [0.15, 0.2) is 0 Å². The Bertz CT molecular complexity index is 537. The van der Waals surface area contributed by atoms with Crippen LogP contribution in [0.25, 0.3) is 0 Å². The minimum atomic E-state index is -0.0669. The third kappa shape index (κ3) is 3.07. The number of hydrogen-bond donors (Lipinski definition) is 2. The second kappa shape index (κ2) is 5.64. The Labute approximate surface area is 110 Å². The Morgan fingerprint density at radius 1 is 1.50 bits per heavy atom. The number of carbonyl (C=O) groups excluding carboxylic acids is 1. The van der Waals surface area contributed by atoms with Gasteiger partial charge in [0.1, 0.15) is 0 Å². The summed E-state index contributed by atoms with van der Waals surface area (Å²) in [6, 6.07) is 5.29. The van der Waals surface area contributed by atoms with Crippen LogP contribution in [0.3, 0.4) is 0 Å². The number of carbonyl (C=O) groups is 1. The van der Waals surface area contributed by atoms with Gasteiger partial charge in [-0.1, -0.05) is 0 Å². The van der Waals surface area contributed by atoms with Crippen LogP contribution < -0.4 is 11.1 Å². The van der Waals surface area contributed by atoms with Crippen LogP contribution in [-0.4, -0.2) is 17.4 Å². The van der Waals surface area contributed by atoms with Gasteiger partial charge >= 0.3 is 0 Å². The van der Waals surface area contributed by atoms with Gasteiger partial charge in [-0.05, 0) is 30.7 Å². The van der Waals surface area contributed by atoms with Crippen LogP contribution in [0.5, 0.6) is 0 Å². The molecule has 0 atom stereocenters. The van der Waals surface area contributed by atoms with E-state index in [-0.39, 0.29) is 5.91 Å². The maximum atomic E-state index is 11.9. The molecule has 0 saturated heterocycles.